The second kappa shape index (κ2) is 11.6. The molecule has 0 bridgehead atoms. The molecule has 2 aliphatic rings. The summed E-state index contributed by atoms with van der Waals surface area (Å²) in [7, 11) is 0. The third-order valence-electron chi connectivity index (χ3n) is 6.37. The van der Waals surface area contributed by atoms with E-state index >= 15 is 0 Å². The summed E-state index contributed by atoms with van der Waals surface area (Å²) in [6.45, 7) is 3.29. The van der Waals surface area contributed by atoms with Crippen LogP contribution in [-0.4, -0.2) is 53.8 Å². The smallest absolute Gasteiger partial charge is 0.308 e. The van der Waals surface area contributed by atoms with Gasteiger partial charge in [0, 0.05) is 37.8 Å². The topological polar surface area (TPSA) is 138 Å². The average molecular weight is 559 g/mol. The van der Waals surface area contributed by atoms with Crippen LogP contribution in [0.1, 0.15) is 57.8 Å². The quantitative estimate of drug-likeness (QED) is 0.243. The Morgan fingerprint density at radius 2 is 1.46 bits per heavy atom. The minimum absolute atomic E-state index is 0.0506. The first-order chi connectivity index (χ1) is 19.7. The predicted octanol–water partition coefficient (Wildman–Crippen LogP) is 4.36. The van der Waals surface area contributed by atoms with Gasteiger partial charge >= 0.3 is 11.9 Å². The fourth-order valence-electron chi connectivity index (χ4n) is 4.59. The lowest BCUT2D eigenvalue weighted by molar-refractivity contribution is -0.132. The zero-order valence-corrected chi connectivity index (χ0v) is 22.3. The van der Waals surface area contributed by atoms with Crippen molar-refractivity contribution in [3.8, 4) is 23.0 Å². The van der Waals surface area contributed by atoms with Gasteiger partial charge in [-0.05, 0) is 67.4 Å². The number of benzene rings is 3. The Hall–Kier alpha value is -5.03. The van der Waals surface area contributed by atoms with Crippen LogP contribution in [0.2, 0.25) is 0 Å². The highest BCUT2D eigenvalue weighted by Crippen LogP contribution is 2.31. The van der Waals surface area contributed by atoms with Gasteiger partial charge in [0.2, 0.25) is 0 Å². The van der Waals surface area contributed by atoms with Crippen molar-refractivity contribution in [1.82, 2.24) is 4.90 Å². The number of hydrogen-bond acceptors (Lipinski definition) is 9. The lowest BCUT2D eigenvalue weighted by atomic mass is 10.1. The molecule has 0 radical (unpaired) electrons. The Kier molecular flexibility index (Phi) is 7.79. The number of ether oxygens (including phenoxy) is 4. The van der Waals surface area contributed by atoms with Crippen molar-refractivity contribution < 1.29 is 42.9 Å². The van der Waals surface area contributed by atoms with E-state index in [0.29, 0.717) is 29.4 Å². The van der Waals surface area contributed by atoms with E-state index in [4.69, 9.17) is 18.9 Å². The molecule has 11 nitrogen and oxygen atoms in total. The molecule has 2 heterocycles. The summed E-state index contributed by atoms with van der Waals surface area (Å²) in [5.74, 6) is -1.53. The van der Waals surface area contributed by atoms with Crippen molar-refractivity contribution in [2.45, 2.75) is 32.8 Å². The van der Waals surface area contributed by atoms with Gasteiger partial charge in [0.25, 0.3) is 17.7 Å². The van der Waals surface area contributed by atoms with E-state index in [9.17, 15) is 24.0 Å². The first-order valence-electron chi connectivity index (χ1n) is 12.9. The van der Waals surface area contributed by atoms with Gasteiger partial charge in [0.05, 0.1) is 23.8 Å². The monoisotopic (exact) mass is 558 g/mol. The van der Waals surface area contributed by atoms with Gasteiger partial charge in [0.1, 0.15) is 23.0 Å². The van der Waals surface area contributed by atoms with Crippen LogP contribution in [0.3, 0.4) is 0 Å². The second-order valence-electron chi connectivity index (χ2n) is 9.52. The number of carbonyl (C=O) groups is 5. The van der Waals surface area contributed by atoms with Crippen molar-refractivity contribution in [1.29, 1.82) is 0 Å². The van der Waals surface area contributed by atoms with Gasteiger partial charge in [-0.1, -0.05) is 0 Å². The number of amides is 3. The van der Waals surface area contributed by atoms with Crippen LogP contribution in [0.15, 0.2) is 60.7 Å². The molecular formula is C30H26N2O9. The normalized spacial score (nSPS) is 15.9. The van der Waals surface area contributed by atoms with E-state index in [1.165, 1.54) is 43.0 Å². The molecule has 0 aliphatic carbocycles. The molecular weight excluding hydrogens is 532 g/mol. The number of anilines is 1. The van der Waals surface area contributed by atoms with Gasteiger partial charge in [-0.2, -0.15) is 0 Å². The number of imide groups is 1. The third kappa shape index (κ3) is 6.42. The summed E-state index contributed by atoms with van der Waals surface area (Å²) < 4.78 is 21.6. The van der Waals surface area contributed by atoms with Crippen molar-refractivity contribution >= 4 is 35.3 Å². The van der Waals surface area contributed by atoms with Crippen LogP contribution in [0.5, 0.6) is 23.0 Å². The van der Waals surface area contributed by atoms with E-state index in [2.05, 4.69) is 5.32 Å². The van der Waals surface area contributed by atoms with Crippen molar-refractivity contribution in [2.75, 3.05) is 18.5 Å². The predicted molar refractivity (Wildman–Crippen MR) is 144 cm³/mol. The molecule has 1 fully saturated rings. The Balaban J connectivity index is 1.25. The van der Waals surface area contributed by atoms with E-state index < -0.39 is 17.8 Å². The first-order valence-corrected chi connectivity index (χ1v) is 12.9. The average Bonchev–Trinajstić information content (AvgIpc) is 3.52. The molecule has 41 heavy (non-hydrogen) atoms. The van der Waals surface area contributed by atoms with Crippen LogP contribution in [0.4, 0.5) is 5.69 Å². The van der Waals surface area contributed by atoms with E-state index in [0.717, 1.165) is 12.8 Å². The molecule has 5 rings (SSSR count). The van der Waals surface area contributed by atoms with E-state index in [-0.39, 0.29) is 47.1 Å². The molecule has 2 aliphatic heterocycles. The molecule has 3 aromatic rings. The summed E-state index contributed by atoms with van der Waals surface area (Å²) in [6.07, 6.45) is 1.59. The van der Waals surface area contributed by atoms with Gasteiger partial charge in [0.15, 0.2) is 0 Å². The summed E-state index contributed by atoms with van der Waals surface area (Å²) in [5, 5.41) is 2.72. The Morgan fingerprint density at radius 3 is 2.07 bits per heavy atom. The molecule has 0 aromatic heterocycles. The maximum absolute atomic E-state index is 12.9. The highest BCUT2D eigenvalue weighted by atomic mass is 16.5. The fraction of sp³-hybridized carbons (Fsp3) is 0.233. The lowest BCUT2D eigenvalue weighted by Gasteiger charge is -2.17. The molecule has 3 aromatic carbocycles. The van der Waals surface area contributed by atoms with Gasteiger partial charge < -0.3 is 24.3 Å². The molecule has 210 valence electrons. The van der Waals surface area contributed by atoms with Crippen LogP contribution >= 0.6 is 0 Å². The Labute approximate surface area is 234 Å². The molecule has 0 spiro atoms. The van der Waals surface area contributed by atoms with Gasteiger partial charge in [-0.3, -0.25) is 28.9 Å². The van der Waals surface area contributed by atoms with Crippen molar-refractivity contribution in [3.63, 3.8) is 0 Å². The fourth-order valence-corrected chi connectivity index (χ4v) is 4.59. The van der Waals surface area contributed by atoms with E-state index in [1.54, 1.807) is 36.4 Å². The zero-order chi connectivity index (χ0) is 29.1. The summed E-state index contributed by atoms with van der Waals surface area (Å²) in [6, 6.07) is 15.2. The molecule has 1 saturated heterocycles. The molecule has 11 heteroatoms. The maximum atomic E-state index is 12.9. The Morgan fingerprint density at radius 1 is 0.829 bits per heavy atom. The van der Waals surface area contributed by atoms with Crippen LogP contribution < -0.4 is 19.5 Å². The zero-order valence-electron chi connectivity index (χ0n) is 22.3. The third-order valence-corrected chi connectivity index (χ3v) is 6.37. The van der Waals surface area contributed by atoms with Crippen LogP contribution in [-0.2, 0) is 14.3 Å². The number of carbonyl (C=O) groups excluding carboxylic acids is 5. The maximum Gasteiger partial charge on any atom is 0.308 e. The van der Waals surface area contributed by atoms with Crippen molar-refractivity contribution in [3.05, 3.63) is 77.4 Å². The molecule has 1 atom stereocenters. The SMILES string of the molecule is CC(=O)Oc1cc(OC(C)=O)cc(C(=O)Nc2ccc(Oc3ccc4c(c3)C(=O)N(CC3CCCO3)C4=O)cc2)c1. The largest absolute Gasteiger partial charge is 0.457 e. The number of fused-ring (bicyclic) bond motifs is 1. The number of rotatable bonds is 8. The number of hydrogen-bond donors (Lipinski definition) is 1. The van der Waals surface area contributed by atoms with Crippen LogP contribution in [0, 0.1) is 0 Å². The molecule has 1 unspecified atom stereocenters. The summed E-state index contributed by atoms with van der Waals surface area (Å²) in [5.41, 5.74) is 1.14. The number of esters is 2. The standard InChI is InChI=1S/C30H26N2O9/c1-17(33)39-24-12-19(13-25(14-24)40-18(2)34)28(35)31-20-5-7-21(8-6-20)41-22-9-10-26-27(15-22)30(37)32(29(26)36)16-23-4-3-11-38-23/h5-10,12-15,23H,3-4,11,16H2,1-2H3,(H,31,35). The Bertz CT molecular complexity index is 1510. The highest BCUT2D eigenvalue weighted by molar-refractivity contribution is 6.21. The molecule has 3 amide bonds. The number of nitrogens with zero attached hydrogens (tertiary/aromatic N) is 1. The van der Waals surface area contributed by atoms with Crippen LogP contribution in [0.25, 0.3) is 0 Å². The van der Waals surface area contributed by atoms with Gasteiger partial charge in [-0.25, -0.2) is 0 Å². The van der Waals surface area contributed by atoms with Crippen molar-refractivity contribution in [2.24, 2.45) is 0 Å². The second-order valence-corrected chi connectivity index (χ2v) is 9.52. The lowest BCUT2D eigenvalue weighted by Crippen LogP contribution is -2.36. The summed E-state index contributed by atoms with van der Waals surface area (Å²) >= 11 is 0. The molecule has 1 N–H and O–H groups in total. The molecule has 0 saturated carbocycles. The minimum atomic E-state index is -0.595. The minimum Gasteiger partial charge on any atom is -0.457 e. The highest BCUT2D eigenvalue weighted by Gasteiger charge is 2.37. The van der Waals surface area contributed by atoms with Gasteiger partial charge in [-0.15, -0.1) is 0 Å². The summed E-state index contributed by atoms with van der Waals surface area (Å²) in [4.78, 5) is 62.5. The number of nitrogens with one attached hydrogen (secondary N) is 1. The van der Waals surface area contributed by atoms with E-state index in [1.807, 2.05) is 0 Å². The first kappa shape index (κ1) is 27.5.